The summed E-state index contributed by atoms with van der Waals surface area (Å²) in [6, 6.07) is 11.3. The van der Waals surface area contributed by atoms with Gasteiger partial charge in [-0.2, -0.15) is 0 Å². The maximum absolute atomic E-state index is 12.4. The van der Waals surface area contributed by atoms with E-state index >= 15 is 0 Å². The smallest absolute Gasteiger partial charge is 0.317 e. The Hall–Kier alpha value is -2.34. The average molecular weight is 317 g/mol. The number of carbonyl (C=O) groups is 1. The van der Waals surface area contributed by atoms with Gasteiger partial charge in [0.15, 0.2) is 0 Å². The van der Waals surface area contributed by atoms with Crippen molar-refractivity contribution in [2.45, 2.75) is 32.4 Å². The number of benzene rings is 1. The Kier molecular flexibility index (Phi) is 6.17. The van der Waals surface area contributed by atoms with Crippen LogP contribution in [0.4, 0.5) is 4.79 Å². The number of nitrogens with zero attached hydrogens (tertiary/aromatic N) is 2. The van der Waals surface area contributed by atoms with E-state index in [0.717, 1.165) is 11.3 Å². The van der Waals surface area contributed by atoms with Crippen LogP contribution in [-0.4, -0.2) is 34.8 Å². The zero-order valence-corrected chi connectivity index (χ0v) is 13.5. The molecule has 1 heterocycles. The molecular formula is C17H23N3O3. The van der Waals surface area contributed by atoms with Gasteiger partial charge in [0.2, 0.25) is 0 Å². The van der Waals surface area contributed by atoms with Crippen molar-refractivity contribution in [2.24, 2.45) is 0 Å². The SMILES string of the molecule is Cc1cc(CN(C)C(=O)NC(CCCO)c2ccccc2)no1. The number of hydrogen-bond donors (Lipinski definition) is 2. The number of rotatable bonds is 7. The number of carbonyl (C=O) groups excluding carboxylic acids is 1. The molecule has 1 unspecified atom stereocenters. The van der Waals surface area contributed by atoms with E-state index in [2.05, 4.69) is 10.5 Å². The molecule has 1 aromatic heterocycles. The molecule has 0 radical (unpaired) electrons. The lowest BCUT2D eigenvalue weighted by molar-refractivity contribution is 0.199. The van der Waals surface area contributed by atoms with Crippen LogP contribution >= 0.6 is 0 Å². The lowest BCUT2D eigenvalue weighted by Crippen LogP contribution is -2.39. The van der Waals surface area contributed by atoms with Crippen LogP contribution in [-0.2, 0) is 6.54 Å². The third-order valence-electron chi connectivity index (χ3n) is 3.57. The molecular weight excluding hydrogens is 294 g/mol. The average Bonchev–Trinajstić information content (AvgIpc) is 2.97. The molecule has 0 saturated heterocycles. The first-order valence-corrected chi connectivity index (χ1v) is 7.69. The molecule has 2 aromatic rings. The van der Waals surface area contributed by atoms with Crippen molar-refractivity contribution in [3.05, 3.63) is 53.4 Å². The molecule has 2 rings (SSSR count). The van der Waals surface area contributed by atoms with Crippen molar-refractivity contribution in [1.29, 1.82) is 0 Å². The fourth-order valence-corrected chi connectivity index (χ4v) is 2.37. The van der Waals surface area contributed by atoms with Gasteiger partial charge < -0.3 is 19.8 Å². The minimum absolute atomic E-state index is 0.104. The van der Waals surface area contributed by atoms with Crippen LogP contribution in [0.2, 0.25) is 0 Å². The number of amides is 2. The van der Waals surface area contributed by atoms with E-state index in [0.29, 0.717) is 25.1 Å². The largest absolute Gasteiger partial charge is 0.396 e. The molecule has 1 atom stereocenters. The molecule has 0 bridgehead atoms. The lowest BCUT2D eigenvalue weighted by atomic mass is 10.0. The molecule has 0 spiro atoms. The van der Waals surface area contributed by atoms with Crippen LogP contribution in [0.15, 0.2) is 40.9 Å². The van der Waals surface area contributed by atoms with Crippen LogP contribution in [0.1, 0.15) is 35.9 Å². The fraction of sp³-hybridized carbons (Fsp3) is 0.412. The number of nitrogens with one attached hydrogen (secondary N) is 1. The van der Waals surface area contributed by atoms with Gasteiger partial charge in [-0.1, -0.05) is 35.5 Å². The number of hydrogen-bond acceptors (Lipinski definition) is 4. The highest BCUT2D eigenvalue weighted by Gasteiger charge is 2.17. The Balaban J connectivity index is 1.98. The molecule has 0 aliphatic heterocycles. The Morgan fingerprint density at radius 3 is 2.74 bits per heavy atom. The van der Waals surface area contributed by atoms with E-state index in [1.807, 2.05) is 43.3 Å². The van der Waals surface area contributed by atoms with Gasteiger partial charge in [-0.05, 0) is 25.3 Å². The first-order valence-electron chi connectivity index (χ1n) is 7.69. The van der Waals surface area contributed by atoms with Crippen LogP contribution in [0, 0.1) is 6.92 Å². The molecule has 0 saturated carbocycles. The Morgan fingerprint density at radius 1 is 1.39 bits per heavy atom. The number of aryl methyl sites for hydroxylation is 1. The van der Waals surface area contributed by atoms with Crippen LogP contribution in [0.3, 0.4) is 0 Å². The fourth-order valence-electron chi connectivity index (χ4n) is 2.37. The molecule has 23 heavy (non-hydrogen) atoms. The zero-order valence-electron chi connectivity index (χ0n) is 13.5. The quantitative estimate of drug-likeness (QED) is 0.823. The second kappa shape index (κ2) is 8.33. The molecule has 6 nitrogen and oxygen atoms in total. The third-order valence-corrected chi connectivity index (χ3v) is 3.57. The molecule has 6 heteroatoms. The number of aromatic nitrogens is 1. The lowest BCUT2D eigenvalue weighted by Gasteiger charge is -2.23. The Bertz CT molecular complexity index is 613. The second-order valence-electron chi connectivity index (χ2n) is 5.56. The van der Waals surface area contributed by atoms with Gasteiger partial charge >= 0.3 is 6.03 Å². The Labute approximate surface area is 136 Å². The molecule has 0 aliphatic carbocycles. The monoisotopic (exact) mass is 317 g/mol. The first-order chi connectivity index (χ1) is 11.1. The van der Waals surface area contributed by atoms with E-state index in [-0.39, 0.29) is 18.7 Å². The highest BCUT2D eigenvalue weighted by atomic mass is 16.5. The minimum atomic E-state index is -0.183. The van der Waals surface area contributed by atoms with Gasteiger partial charge in [0, 0.05) is 19.7 Å². The van der Waals surface area contributed by atoms with Crippen molar-refractivity contribution >= 4 is 6.03 Å². The van der Waals surface area contributed by atoms with E-state index in [4.69, 9.17) is 9.63 Å². The standard InChI is InChI=1S/C17H23N3O3/c1-13-11-15(19-23-13)12-20(2)17(22)18-16(9-6-10-21)14-7-4-3-5-8-14/h3-5,7-8,11,16,21H,6,9-10,12H2,1-2H3,(H,18,22). The van der Waals surface area contributed by atoms with E-state index in [9.17, 15) is 4.79 Å². The normalized spacial score (nSPS) is 12.0. The van der Waals surface area contributed by atoms with Crippen LogP contribution in [0.25, 0.3) is 0 Å². The van der Waals surface area contributed by atoms with E-state index < -0.39 is 0 Å². The van der Waals surface area contributed by atoms with Crippen LogP contribution in [0.5, 0.6) is 0 Å². The van der Waals surface area contributed by atoms with Crippen molar-refractivity contribution in [1.82, 2.24) is 15.4 Å². The van der Waals surface area contributed by atoms with Gasteiger partial charge in [0.05, 0.1) is 12.6 Å². The summed E-state index contributed by atoms with van der Waals surface area (Å²) in [6.45, 7) is 2.30. The van der Waals surface area contributed by atoms with Gasteiger partial charge in [-0.25, -0.2) is 4.79 Å². The summed E-state index contributed by atoms with van der Waals surface area (Å²) in [7, 11) is 1.72. The summed E-state index contributed by atoms with van der Waals surface area (Å²) in [5.41, 5.74) is 1.74. The van der Waals surface area contributed by atoms with Gasteiger partial charge in [0.25, 0.3) is 0 Å². The molecule has 0 aliphatic rings. The molecule has 2 amide bonds. The summed E-state index contributed by atoms with van der Waals surface area (Å²) in [4.78, 5) is 14.0. The molecule has 1 aromatic carbocycles. The number of urea groups is 1. The molecule has 0 fully saturated rings. The highest BCUT2D eigenvalue weighted by molar-refractivity contribution is 5.74. The number of aliphatic hydroxyl groups is 1. The maximum atomic E-state index is 12.4. The highest BCUT2D eigenvalue weighted by Crippen LogP contribution is 2.18. The minimum Gasteiger partial charge on any atom is -0.396 e. The van der Waals surface area contributed by atoms with Gasteiger partial charge in [-0.3, -0.25) is 0 Å². The summed E-state index contributed by atoms with van der Waals surface area (Å²) in [5, 5.41) is 16.0. The predicted octanol–water partition coefficient (Wildman–Crippen LogP) is 2.64. The van der Waals surface area contributed by atoms with Crippen molar-refractivity contribution in [2.75, 3.05) is 13.7 Å². The van der Waals surface area contributed by atoms with E-state index in [1.54, 1.807) is 11.9 Å². The summed E-state index contributed by atoms with van der Waals surface area (Å²) >= 11 is 0. The first kappa shape index (κ1) is 17.0. The zero-order chi connectivity index (χ0) is 16.7. The Morgan fingerprint density at radius 2 is 2.13 bits per heavy atom. The second-order valence-corrected chi connectivity index (χ2v) is 5.56. The summed E-state index contributed by atoms with van der Waals surface area (Å²) in [5.74, 6) is 0.721. The topological polar surface area (TPSA) is 78.6 Å². The van der Waals surface area contributed by atoms with E-state index in [1.165, 1.54) is 0 Å². The van der Waals surface area contributed by atoms with Crippen molar-refractivity contribution in [3.8, 4) is 0 Å². The van der Waals surface area contributed by atoms with Crippen molar-refractivity contribution < 1.29 is 14.4 Å². The number of aliphatic hydroxyl groups excluding tert-OH is 1. The van der Waals surface area contributed by atoms with Crippen LogP contribution < -0.4 is 5.32 Å². The van der Waals surface area contributed by atoms with Gasteiger partial charge in [-0.15, -0.1) is 0 Å². The molecule has 124 valence electrons. The predicted molar refractivity (Wildman–Crippen MR) is 86.7 cm³/mol. The maximum Gasteiger partial charge on any atom is 0.317 e. The van der Waals surface area contributed by atoms with Crippen molar-refractivity contribution in [3.63, 3.8) is 0 Å². The van der Waals surface area contributed by atoms with Gasteiger partial charge in [0.1, 0.15) is 11.5 Å². The molecule has 2 N–H and O–H groups in total. The third kappa shape index (κ3) is 5.10. The summed E-state index contributed by atoms with van der Waals surface area (Å²) < 4.78 is 5.01. The summed E-state index contributed by atoms with van der Waals surface area (Å²) in [6.07, 6.45) is 1.31.